The van der Waals surface area contributed by atoms with Crippen LogP contribution in [-0.2, 0) is 20.4 Å². The summed E-state index contributed by atoms with van der Waals surface area (Å²) in [5.74, 6) is -0.384. The van der Waals surface area contributed by atoms with Crippen molar-refractivity contribution in [1.29, 1.82) is 0 Å². The van der Waals surface area contributed by atoms with E-state index in [1.807, 2.05) is 24.3 Å². The summed E-state index contributed by atoms with van der Waals surface area (Å²) in [7, 11) is 0. The third-order valence-electron chi connectivity index (χ3n) is 4.83. The molecular weight excluding hydrogens is 356 g/mol. The molecule has 0 aliphatic carbocycles. The molecule has 29 heavy (non-hydrogen) atoms. The van der Waals surface area contributed by atoms with Gasteiger partial charge in [-0.15, -0.1) is 0 Å². The van der Waals surface area contributed by atoms with E-state index in [9.17, 15) is 9.59 Å². The lowest BCUT2D eigenvalue weighted by Crippen LogP contribution is -2.10. The van der Waals surface area contributed by atoms with Crippen LogP contribution in [0, 0.1) is 0 Å². The molecule has 0 heterocycles. The maximum Gasteiger partial charge on any atom is 0.163 e. The van der Waals surface area contributed by atoms with Gasteiger partial charge in [-0.2, -0.15) is 0 Å². The third-order valence-corrected chi connectivity index (χ3v) is 4.83. The summed E-state index contributed by atoms with van der Waals surface area (Å²) in [6, 6.07) is 16.3. The smallest absolute Gasteiger partial charge is 0.163 e. The van der Waals surface area contributed by atoms with Gasteiger partial charge in [-0.3, -0.25) is 9.59 Å². The van der Waals surface area contributed by atoms with Crippen molar-refractivity contribution < 1.29 is 9.59 Å². The highest BCUT2D eigenvalue weighted by Crippen LogP contribution is 2.23. The molecule has 0 aromatic heterocycles. The molecule has 0 bridgehead atoms. The molecule has 2 nitrogen and oxygen atoms in total. The second-order valence-corrected chi connectivity index (χ2v) is 9.52. The lowest BCUT2D eigenvalue weighted by molar-refractivity contribution is -0.121. The molecule has 0 saturated heterocycles. The van der Waals surface area contributed by atoms with Crippen LogP contribution in [0.2, 0.25) is 0 Å². The molecule has 2 heteroatoms. The van der Waals surface area contributed by atoms with Crippen molar-refractivity contribution in [2.24, 2.45) is 0 Å². The SMILES string of the molecule is CC(C)(C)c1ccc(C=CC(=O)CC(=O)C=Cc2ccc(C(C)(C)C)cc2)cc1. The minimum absolute atomic E-state index is 0.101. The van der Waals surface area contributed by atoms with Gasteiger partial charge >= 0.3 is 0 Å². The van der Waals surface area contributed by atoms with Crippen LogP contribution in [0.5, 0.6) is 0 Å². The van der Waals surface area contributed by atoms with E-state index in [0.29, 0.717) is 0 Å². The summed E-state index contributed by atoms with van der Waals surface area (Å²) in [6.45, 7) is 13.0. The number of allylic oxidation sites excluding steroid dienone is 2. The Balaban J connectivity index is 1.91. The van der Waals surface area contributed by atoms with Crippen LogP contribution in [0.15, 0.2) is 60.7 Å². The molecule has 2 aromatic carbocycles. The number of ketones is 2. The molecule has 2 rings (SSSR count). The Hall–Kier alpha value is -2.74. The maximum absolute atomic E-state index is 12.1. The molecule has 0 radical (unpaired) electrons. The van der Waals surface area contributed by atoms with Crippen LogP contribution < -0.4 is 0 Å². The summed E-state index contributed by atoms with van der Waals surface area (Å²) in [4.78, 5) is 24.2. The summed E-state index contributed by atoms with van der Waals surface area (Å²) in [5.41, 5.74) is 4.60. The van der Waals surface area contributed by atoms with E-state index >= 15 is 0 Å². The fourth-order valence-corrected chi connectivity index (χ4v) is 2.86. The van der Waals surface area contributed by atoms with Crippen LogP contribution >= 0.6 is 0 Å². The van der Waals surface area contributed by atoms with Crippen LogP contribution in [0.1, 0.15) is 70.2 Å². The van der Waals surface area contributed by atoms with Crippen molar-refractivity contribution >= 4 is 23.7 Å². The van der Waals surface area contributed by atoms with Crippen molar-refractivity contribution in [1.82, 2.24) is 0 Å². The fourth-order valence-electron chi connectivity index (χ4n) is 2.86. The van der Waals surface area contributed by atoms with Gasteiger partial charge in [-0.1, -0.05) is 102 Å². The molecule has 0 atom stereocenters. The number of hydrogen-bond acceptors (Lipinski definition) is 2. The molecule has 0 aliphatic heterocycles. The minimum atomic E-state index is -0.192. The molecule has 152 valence electrons. The number of carbonyl (C=O) groups is 2. The van der Waals surface area contributed by atoms with Gasteiger partial charge in [0.15, 0.2) is 11.6 Å². The van der Waals surface area contributed by atoms with Crippen molar-refractivity contribution in [3.05, 3.63) is 82.9 Å². The highest BCUT2D eigenvalue weighted by atomic mass is 16.1. The second-order valence-electron chi connectivity index (χ2n) is 9.52. The Labute approximate surface area is 175 Å². The summed E-state index contributed by atoms with van der Waals surface area (Å²) < 4.78 is 0. The average molecular weight is 389 g/mol. The van der Waals surface area contributed by atoms with Gasteiger partial charge in [0, 0.05) is 0 Å². The first-order valence-electron chi connectivity index (χ1n) is 10.1. The lowest BCUT2D eigenvalue weighted by Gasteiger charge is -2.18. The van der Waals surface area contributed by atoms with E-state index in [2.05, 4.69) is 65.8 Å². The summed E-state index contributed by atoms with van der Waals surface area (Å²) >= 11 is 0. The molecule has 0 unspecified atom stereocenters. The largest absolute Gasteiger partial charge is 0.294 e. The number of carbonyl (C=O) groups excluding carboxylic acids is 2. The maximum atomic E-state index is 12.1. The van der Waals surface area contributed by atoms with Gasteiger partial charge < -0.3 is 0 Å². The van der Waals surface area contributed by atoms with Crippen LogP contribution in [0.25, 0.3) is 12.2 Å². The molecule has 0 aliphatic rings. The topological polar surface area (TPSA) is 34.1 Å². The Kier molecular flexibility index (Phi) is 7.13. The van der Waals surface area contributed by atoms with Crippen molar-refractivity contribution in [3.8, 4) is 0 Å². The van der Waals surface area contributed by atoms with Crippen molar-refractivity contribution in [3.63, 3.8) is 0 Å². The predicted octanol–water partition coefficient (Wildman–Crippen LogP) is 6.54. The van der Waals surface area contributed by atoms with Gasteiger partial charge in [0.25, 0.3) is 0 Å². The van der Waals surface area contributed by atoms with E-state index in [1.54, 1.807) is 12.2 Å². The molecular formula is C27H32O2. The van der Waals surface area contributed by atoms with Gasteiger partial charge in [0.05, 0.1) is 6.42 Å². The molecule has 0 spiro atoms. The first-order chi connectivity index (χ1) is 13.4. The average Bonchev–Trinajstić information content (AvgIpc) is 2.64. The van der Waals surface area contributed by atoms with Crippen molar-refractivity contribution in [2.75, 3.05) is 0 Å². The molecule has 0 fully saturated rings. The normalized spacial score (nSPS) is 12.6. The van der Waals surface area contributed by atoms with E-state index in [1.165, 1.54) is 23.3 Å². The second kappa shape index (κ2) is 9.17. The van der Waals surface area contributed by atoms with Gasteiger partial charge in [0.2, 0.25) is 0 Å². The van der Waals surface area contributed by atoms with E-state index in [4.69, 9.17) is 0 Å². The summed E-state index contributed by atoms with van der Waals surface area (Å²) in [5, 5.41) is 0. The van der Waals surface area contributed by atoms with Crippen LogP contribution in [0.4, 0.5) is 0 Å². The zero-order valence-electron chi connectivity index (χ0n) is 18.5. The Morgan fingerprint density at radius 1 is 0.621 bits per heavy atom. The third kappa shape index (κ3) is 7.30. The lowest BCUT2D eigenvalue weighted by atomic mass is 9.87. The number of rotatable bonds is 6. The number of benzene rings is 2. The highest BCUT2D eigenvalue weighted by Gasteiger charge is 2.13. The van der Waals surface area contributed by atoms with Crippen molar-refractivity contribution in [2.45, 2.75) is 58.8 Å². The standard InChI is InChI=1S/C27H32O2/c1-26(2,3)22-13-7-20(8-14-22)11-17-24(28)19-25(29)18-12-21-9-15-23(16-10-21)27(4,5)6/h7-18H,19H2,1-6H3. The molecule has 0 N–H and O–H groups in total. The zero-order valence-corrected chi connectivity index (χ0v) is 18.5. The first-order valence-corrected chi connectivity index (χ1v) is 10.1. The Morgan fingerprint density at radius 2 is 0.931 bits per heavy atom. The number of hydrogen-bond donors (Lipinski definition) is 0. The molecule has 2 aromatic rings. The predicted molar refractivity (Wildman–Crippen MR) is 123 cm³/mol. The van der Waals surface area contributed by atoms with Crippen LogP contribution in [-0.4, -0.2) is 11.6 Å². The van der Waals surface area contributed by atoms with Gasteiger partial charge in [-0.05, 0) is 45.2 Å². The Morgan fingerprint density at radius 3 is 1.21 bits per heavy atom. The Bertz CT molecular complexity index is 819. The van der Waals surface area contributed by atoms with E-state index in [0.717, 1.165) is 11.1 Å². The molecule has 0 saturated carbocycles. The highest BCUT2D eigenvalue weighted by molar-refractivity contribution is 6.10. The molecule has 0 amide bonds. The monoisotopic (exact) mass is 388 g/mol. The van der Waals surface area contributed by atoms with Gasteiger partial charge in [0.1, 0.15) is 0 Å². The minimum Gasteiger partial charge on any atom is -0.294 e. The summed E-state index contributed by atoms with van der Waals surface area (Å²) in [6.07, 6.45) is 6.37. The quantitative estimate of drug-likeness (QED) is 0.416. The van der Waals surface area contributed by atoms with E-state index < -0.39 is 0 Å². The van der Waals surface area contributed by atoms with Crippen LogP contribution in [0.3, 0.4) is 0 Å². The van der Waals surface area contributed by atoms with Gasteiger partial charge in [-0.25, -0.2) is 0 Å². The zero-order chi connectivity index (χ0) is 21.7. The fraction of sp³-hybridized carbons (Fsp3) is 0.333. The first kappa shape index (κ1) is 22.5. The van der Waals surface area contributed by atoms with E-state index in [-0.39, 0.29) is 28.8 Å².